The Morgan fingerprint density at radius 1 is 1.00 bits per heavy atom. The number of amides is 1. The van der Waals surface area contributed by atoms with Gasteiger partial charge in [0.1, 0.15) is 28.5 Å². The summed E-state index contributed by atoms with van der Waals surface area (Å²) < 4.78 is 20.2. The second-order valence-corrected chi connectivity index (χ2v) is 10.2. The van der Waals surface area contributed by atoms with Crippen molar-refractivity contribution in [1.82, 2.24) is 13.9 Å². The van der Waals surface area contributed by atoms with Gasteiger partial charge in [0, 0.05) is 5.56 Å². The normalized spacial score (nSPS) is 14.6. The average molecular weight is 541 g/mol. The average Bonchev–Trinajstić information content (AvgIpc) is 3.49. The number of nitrogens with one attached hydrogen (secondary N) is 1. The summed E-state index contributed by atoms with van der Waals surface area (Å²) in [5.74, 6) is -0.426. The summed E-state index contributed by atoms with van der Waals surface area (Å²) in [6.45, 7) is 3.54. The van der Waals surface area contributed by atoms with Gasteiger partial charge in [0.25, 0.3) is 0 Å². The zero-order chi connectivity index (χ0) is 27.1. The van der Waals surface area contributed by atoms with Crippen molar-refractivity contribution in [3.63, 3.8) is 0 Å². The summed E-state index contributed by atoms with van der Waals surface area (Å²) in [7, 11) is 0. The first-order chi connectivity index (χ1) is 18.9. The number of hydrogen-bond donors (Lipinski definition) is 2. The molecule has 2 heterocycles. The molecule has 2 N–H and O–H groups in total. The Morgan fingerprint density at radius 3 is 2.33 bits per heavy atom. The number of fused-ring (bicyclic) bond motifs is 1. The molecular weight excluding hydrogens is 516 g/mol. The Hall–Kier alpha value is -4.57. The van der Waals surface area contributed by atoms with Gasteiger partial charge in [0.2, 0.25) is 0 Å². The highest BCUT2D eigenvalue weighted by Crippen LogP contribution is 2.49. The van der Waals surface area contributed by atoms with Crippen LogP contribution in [0.15, 0.2) is 71.3 Å². The number of anilines is 1. The van der Waals surface area contributed by atoms with Gasteiger partial charge in [-0.05, 0) is 49.4 Å². The first-order valence-corrected chi connectivity index (χ1v) is 13.2. The van der Waals surface area contributed by atoms with E-state index in [1.807, 2.05) is 66.7 Å². The summed E-state index contributed by atoms with van der Waals surface area (Å²) in [4.78, 5) is 24.5. The lowest BCUT2D eigenvalue weighted by molar-refractivity contribution is -0.140. The van der Waals surface area contributed by atoms with Crippen molar-refractivity contribution >= 4 is 40.5 Å². The summed E-state index contributed by atoms with van der Waals surface area (Å²) in [6.07, 6.45) is 0.239. The molecule has 1 atom stereocenters. The van der Waals surface area contributed by atoms with Gasteiger partial charge in [0.15, 0.2) is 5.76 Å². The van der Waals surface area contributed by atoms with Crippen molar-refractivity contribution in [3.05, 3.63) is 83.6 Å². The number of benzene rings is 3. The van der Waals surface area contributed by atoms with Crippen LogP contribution in [0.1, 0.15) is 42.7 Å². The number of carbonyl (C=O) groups is 2. The maximum absolute atomic E-state index is 12.8. The first-order valence-electron chi connectivity index (χ1n) is 12.5. The zero-order valence-electron chi connectivity index (χ0n) is 21.2. The van der Waals surface area contributed by atoms with Crippen molar-refractivity contribution < 1.29 is 24.0 Å². The molecule has 1 amide bonds. The predicted molar refractivity (Wildman–Crippen MR) is 147 cm³/mol. The number of carboxylic acid groups (broad SMARTS) is 1. The van der Waals surface area contributed by atoms with E-state index in [9.17, 15) is 14.7 Å². The number of carbonyl (C=O) groups excluding carboxylic acids is 1. The van der Waals surface area contributed by atoms with E-state index in [-0.39, 0.29) is 0 Å². The molecule has 2 aromatic heterocycles. The maximum atomic E-state index is 12.8. The molecule has 6 rings (SSSR count). The summed E-state index contributed by atoms with van der Waals surface area (Å²) in [5.41, 5.74) is 5.50. The molecule has 1 aliphatic rings. The van der Waals surface area contributed by atoms with Crippen molar-refractivity contribution in [2.24, 2.45) is 0 Å². The molecule has 0 spiro atoms. The Labute approximate surface area is 227 Å². The van der Waals surface area contributed by atoms with Crippen molar-refractivity contribution in [1.29, 1.82) is 0 Å². The van der Waals surface area contributed by atoms with Gasteiger partial charge < -0.3 is 14.4 Å². The Morgan fingerprint density at radius 2 is 1.67 bits per heavy atom. The summed E-state index contributed by atoms with van der Waals surface area (Å²) >= 11 is 1.07. The molecule has 3 aromatic carbocycles. The van der Waals surface area contributed by atoms with E-state index in [0.29, 0.717) is 46.6 Å². The highest BCUT2D eigenvalue weighted by atomic mass is 32.1. The standard InChI is InChI=1S/C29H24N4O5S/c1-16-23(30-28(36)37-17(2)18-6-4-3-5-7-18)26(38-31-16)22-13-12-21(24-25(22)33-39-32-24)19-8-10-20(11-9-19)29(14-15-29)27(34)35/h3-13,17H,14-15H2,1-2H3,(H,30,36)(H,34,35). The molecule has 39 heavy (non-hydrogen) atoms. The third kappa shape index (κ3) is 4.42. The van der Waals surface area contributed by atoms with Crippen LogP contribution in [-0.2, 0) is 14.9 Å². The molecular formula is C29H24N4O5S. The minimum absolute atomic E-state index is 0.355. The van der Waals surface area contributed by atoms with Crippen LogP contribution < -0.4 is 5.32 Å². The number of nitrogens with zero attached hydrogens (tertiary/aromatic N) is 3. The van der Waals surface area contributed by atoms with Crippen LogP contribution in [0.25, 0.3) is 33.5 Å². The lowest BCUT2D eigenvalue weighted by Crippen LogP contribution is -2.19. The molecule has 0 aliphatic heterocycles. The van der Waals surface area contributed by atoms with E-state index < -0.39 is 23.6 Å². The van der Waals surface area contributed by atoms with Crippen molar-refractivity contribution in [2.45, 2.75) is 38.2 Å². The van der Waals surface area contributed by atoms with E-state index >= 15 is 0 Å². The van der Waals surface area contributed by atoms with Gasteiger partial charge >= 0.3 is 12.1 Å². The summed E-state index contributed by atoms with van der Waals surface area (Å²) in [5, 5.41) is 16.5. The first kappa shape index (κ1) is 24.7. The molecule has 1 saturated carbocycles. The molecule has 1 aliphatic carbocycles. The SMILES string of the molecule is Cc1noc(-c2ccc(-c3ccc(C4(C(=O)O)CC4)cc3)c3nsnc23)c1NC(=O)OC(C)c1ccccc1. The van der Waals surface area contributed by atoms with Crippen LogP contribution in [0.2, 0.25) is 0 Å². The molecule has 10 heteroatoms. The van der Waals surface area contributed by atoms with Crippen molar-refractivity contribution in [3.8, 4) is 22.5 Å². The molecule has 0 bridgehead atoms. The van der Waals surface area contributed by atoms with Crippen LogP contribution in [0, 0.1) is 6.92 Å². The largest absolute Gasteiger partial charge is 0.481 e. The van der Waals surface area contributed by atoms with Gasteiger partial charge in [-0.2, -0.15) is 8.75 Å². The van der Waals surface area contributed by atoms with Gasteiger partial charge in [-0.1, -0.05) is 65.8 Å². The van der Waals surface area contributed by atoms with E-state index in [1.165, 1.54) is 0 Å². The molecule has 9 nitrogen and oxygen atoms in total. The molecule has 1 unspecified atom stereocenters. The molecule has 0 saturated heterocycles. The lowest BCUT2D eigenvalue weighted by atomic mass is 9.93. The number of aliphatic carboxylic acids is 1. The molecule has 5 aromatic rings. The van der Waals surface area contributed by atoms with Crippen LogP contribution in [0.4, 0.5) is 10.5 Å². The summed E-state index contributed by atoms with van der Waals surface area (Å²) in [6, 6.07) is 20.8. The van der Waals surface area contributed by atoms with Crippen LogP contribution >= 0.6 is 11.7 Å². The minimum Gasteiger partial charge on any atom is -0.481 e. The van der Waals surface area contributed by atoms with E-state index in [4.69, 9.17) is 9.26 Å². The van der Waals surface area contributed by atoms with Gasteiger partial charge in [-0.3, -0.25) is 10.1 Å². The minimum atomic E-state index is -0.782. The fraction of sp³-hybridized carbons (Fsp3) is 0.207. The Balaban J connectivity index is 1.29. The smallest absolute Gasteiger partial charge is 0.412 e. The predicted octanol–water partition coefficient (Wildman–Crippen LogP) is 6.75. The van der Waals surface area contributed by atoms with Gasteiger partial charge in [0.05, 0.1) is 22.7 Å². The van der Waals surface area contributed by atoms with E-state index in [2.05, 4.69) is 19.2 Å². The topological polar surface area (TPSA) is 127 Å². The number of ether oxygens (including phenoxy) is 1. The number of hydrogen-bond acceptors (Lipinski definition) is 8. The molecule has 1 fully saturated rings. The quantitative estimate of drug-likeness (QED) is 0.232. The Kier molecular flexibility index (Phi) is 6.11. The number of aromatic nitrogens is 3. The van der Waals surface area contributed by atoms with Crippen LogP contribution in [-0.4, -0.2) is 31.1 Å². The highest BCUT2D eigenvalue weighted by molar-refractivity contribution is 7.00. The third-order valence-electron chi connectivity index (χ3n) is 7.21. The highest BCUT2D eigenvalue weighted by Gasteiger charge is 2.51. The molecule has 196 valence electrons. The fourth-order valence-electron chi connectivity index (χ4n) is 4.79. The van der Waals surface area contributed by atoms with Gasteiger partial charge in [-0.25, -0.2) is 4.79 Å². The Bertz CT molecular complexity index is 1690. The fourth-order valence-corrected chi connectivity index (χ4v) is 5.36. The number of carboxylic acids is 1. The second kappa shape index (κ2) is 9.63. The second-order valence-electron chi connectivity index (χ2n) is 9.64. The number of rotatable bonds is 7. The zero-order valence-corrected chi connectivity index (χ0v) is 22.0. The van der Waals surface area contributed by atoms with Crippen LogP contribution in [0.5, 0.6) is 0 Å². The third-order valence-corrected chi connectivity index (χ3v) is 7.74. The maximum Gasteiger partial charge on any atom is 0.412 e. The van der Waals surface area contributed by atoms with Crippen molar-refractivity contribution in [2.75, 3.05) is 5.32 Å². The monoisotopic (exact) mass is 540 g/mol. The van der Waals surface area contributed by atoms with Gasteiger partial charge in [-0.15, -0.1) is 0 Å². The van der Waals surface area contributed by atoms with Crippen LogP contribution in [0.3, 0.4) is 0 Å². The number of aryl methyl sites for hydroxylation is 1. The molecule has 0 radical (unpaired) electrons. The van der Waals surface area contributed by atoms with E-state index in [0.717, 1.165) is 34.0 Å². The lowest BCUT2D eigenvalue weighted by Gasteiger charge is -2.14. The van der Waals surface area contributed by atoms with E-state index in [1.54, 1.807) is 13.8 Å².